The van der Waals surface area contributed by atoms with Gasteiger partial charge < -0.3 is 5.32 Å². The topological polar surface area (TPSA) is 54.9 Å². The number of nitrogens with one attached hydrogen (secondary N) is 1. The van der Waals surface area contributed by atoms with E-state index in [4.69, 9.17) is 0 Å². The number of hydrogen-bond donors (Lipinski definition) is 1. The molecule has 24 heavy (non-hydrogen) atoms. The fourth-order valence-electron chi connectivity index (χ4n) is 3.08. The van der Waals surface area contributed by atoms with Crippen molar-refractivity contribution in [3.8, 4) is 0 Å². The summed E-state index contributed by atoms with van der Waals surface area (Å²) in [7, 11) is 0. The molecule has 1 aliphatic carbocycles. The predicted octanol–water partition coefficient (Wildman–Crippen LogP) is 4.22. The zero-order chi connectivity index (χ0) is 16.4. The van der Waals surface area contributed by atoms with Gasteiger partial charge >= 0.3 is 0 Å². The number of carbonyl (C=O) groups excluding carboxylic acids is 1. The van der Waals surface area contributed by atoms with E-state index in [1.54, 1.807) is 23.5 Å². The highest BCUT2D eigenvalue weighted by molar-refractivity contribution is 7.19. The molecular weight excluding hydrogens is 318 g/mol. The van der Waals surface area contributed by atoms with Gasteiger partial charge in [0.05, 0.1) is 5.39 Å². The van der Waals surface area contributed by atoms with Crippen molar-refractivity contribution in [1.29, 1.82) is 0 Å². The van der Waals surface area contributed by atoms with Crippen LogP contribution in [0.4, 0.5) is 5.82 Å². The Labute approximate surface area is 144 Å². The van der Waals surface area contributed by atoms with Crippen LogP contribution in [-0.4, -0.2) is 15.9 Å². The fourth-order valence-corrected chi connectivity index (χ4v) is 4.31. The zero-order valence-corrected chi connectivity index (χ0v) is 14.0. The summed E-state index contributed by atoms with van der Waals surface area (Å²) in [4.78, 5) is 23.3. The molecule has 1 aromatic carbocycles. The molecule has 5 heteroatoms. The first-order valence-corrected chi connectivity index (χ1v) is 8.92. The van der Waals surface area contributed by atoms with Crippen LogP contribution < -0.4 is 5.32 Å². The van der Waals surface area contributed by atoms with Gasteiger partial charge in [-0.2, -0.15) is 0 Å². The molecule has 4 rings (SSSR count). The van der Waals surface area contributed by atoms with Gasteiger partial charge in [-0.3, -0.25) is 4.79 Å². The van der Waals surface area contributed by atoms with Crippen molar-refractivity contribution < 1.29 is 4.79 Å². The Hall–Kier alpha value is -2.53. The molecule has 4 nitrogen and oxygen atoms in total. The van der Waals surface area contributed by atoms with E-state index in [0.29, 0.717) is 5.82 Å². The van der Waals surface area contributed by atoms with E-state index in [1.807, 2.05) is 30.3 Å². The standard InChI is InChI=1S/C19H17N3OS/c23-16(11-10-13-6-2-1-3-7-13)22-18-17-14-8-4-5-9-15(14)24-19(17)21-12-20-18/h1-3,6-7,10-12H,4-5,8-9H2,(H,20,21,22,23). The van der Waals surface area contributed by atoms with E-state index in [9.17, 15) is 4.79 Å². The summed E-state index contributed by atoms with van der Waals surface area (Å²) in [6.45, 7) is 0. The molecule has 0 radical (unpaired) electrons. The van der Waals surface area contributed by atoms with Crippen molar-refractivity contribution in [3.05, 3.63) is 58.7 Å². The minimum atomic E-state index is -0.172. The Morgan fingerprint density at radius 3 is 2.83 bits per heavy atom. The summed E-state index contributed by atoms with van der Waals surface area (Å²) < 4.78 is 0. The number of thiophene rings is 1. The average molecular weight is 335 g/mol. The summed E-state index contributed by atoms with van der Waals surface area (Å²) in [6.07, 6.45) is 9.45. The average Bonchev–Trinajstić information content (AvgIpc) is 3.00. The molecule has 0 bridgehead atoms. The second kappa shape index (κ2) is 6.53. The van der Waals surface area contributed by atoms with E-state index in [1.165, 1.54) is 29.6 Å². The molecule has 0 atom stereocenters. The molecule has 2 aromatic heterocycles. The van der Waals surface area contributed by atoms with Crippen LogP contribution in [-0.2, 0) is 17.6 Å². The molecule has 1 N–H and O–H groups in total. The minimum Gasteiger partial charge on any atom is -0.306 e. The van der Waals surface area contributed by atoms with Gasteiger partial charge in [-0.25, -0.2) is 9.97 Å². The summed E-state index contributed by atoms with van der Waals surface area (Å²) in [5, 5.41) is 3.95. The summed E-state index contributed by atoms with van der Waals surface area (Å²) in [5.41, 5.74) is 2.32. The highest BCUT2D eigenvalue weighted by atomic mass is 32.1. The molecule has 0 saturated carbocycles. The van der Waals surface area contributed by atoms with Gasteiger partial charge in [0, 0.05) is 11.0 Å². The maximum atomic E-state index is 12.3. The van der Waals surface area contributed by atoms with E-state index < -0.39 is 0 Å². The van der Waals surface area contributed by atoms with Gasteiger partial charge in [0.2, 0.25) is 5.91 Å². The van der Waals surface area contributed by atoms with E-state index >= 15 is 0 Å². The molecule has 3 aromatic rings. The number of hydrogen-bond acceptors (Lipinski definition) is 4. The van der Waals surface area contributed by atoms with Crippen LogP contribution in [0.2, 0.25) is 0 Å². The Morgan fingerprint density at radius 2 is 1.96 bits per heavy atom. The van der Waals surface area contributed by atoms with Crippen molar-refractivity contribution in [2.75, 3.05) is 5.32 Å². The fraction of sp³-hybridized carbons (Fsp3) is 0.211. The Kier molecular flexibility index (Phi) is 4.09. The quantitative estimate of drug-likeness (QED) is 0.729. The molecule has 2 heterocycles. The minimum absolute atomic E-state index is 0.172. The van der Waals surface area contributed by atoms with Gasteiger partial charge in [0.15, 0.2) is 0 Å². The maximum absolute atomic E-state index is 12.3. The summed E-state index contributed by atoms with van der Waals surface area (Å²) >= 11 is 1.73. The predicted molar refractivity (Wildman–Crippen MR) is 98.2 cm³/mol. The number of anilines is 1. The summed E-state index contributed by atoms with van der Waals surface area (Å²) in [5.74, 6) is 0.455. The van der Waals surface area contributed by atoms with Gasteiger partial charge in [0.25, 0.3) is 0 Å². The lowest BCUT2D eigenvalue weighted by Crippen LogP contribution is -2.10. The first-order valence-electron chi connectivity index (χ1n) is 8.10. The Balaban J connectivity index is 1.61. The lowest BCUT2D eigenvalue weighted by molar-refractivity contribution is -0.111. The maximum Gasteiger partial charge on any atom is 0.249 e. The molecule has 0 spiro atoms. The van der Waals surface area contributed by atoms with Crippen molar-refractivity contribution in [2.24, 2.45) is 0 Å². The first-order chi connectivity index (χ1) is 11.8. The number of aryl methyl sites for hydroxylation is 2. The third kappa shape index (κ3) is 2.95. The van der Waals surface area contributed by atoms with E-state index in [2.05, 4.69) is 15.3 Å². The van der Waals surface area contributed by atoms with Crippen LogP contribution >= 0.6 is 11.3 Å². The largest absolute Gasteiger partial charge is 0.306 e. The highest BCUT2D eigenvalue weighted by Crippen LogP contribution is 2.38. The monoisotopic (exact) mass is 335 g/mol. The molecule has 0 aliphatic heterocycles. The van der Waals surface area contributed by atoms with Crippen LogP contribution in [0.25, 0.3) is 16.3 Å². The van der Waals surface area contributed by atoms with Crippen molar-refractivity contribution in [3.63, 3.8) is 0 Å². The van der Waals surface area contributed by atoms with Crippen LogP contribution in [0.15, 0.2) is 42.7 Å². The lowest BCUT2D eigenvalue weighted by atomic mass is 9.97. The Morgan fingerprint density at radius 1 is 1.12 bits per heavy atom. The number of nitrogens with zero attached hydrogens (tertiary/aromatic N) is 2. The normalized spacial score (nSPS) is 14.0. The number of amides is 1. The number of benzene rings is 1. The molecule has 1 aliphatic rings. The number of rotatable bonds is 3. The SMILES string of the molecule is O=C(C=Cc1ccccc1)Nc1ncnc2sc3c(c12)CCCC3. The van der Waals surface area contributed by atoms with Crippen molar-refractivity contribution in [1.82, 2.24) is 9.97 Å². The smallest absolute Gasteiger partial charge is 0.249 e. The molecule has 0 fully saturated rings. The van der Waals surface area contributed by atoms with E-state index in [-0.39, 0.29) is 5.91 Å². The van der Waals surface area contributed by atoms with Crippen LogP contribution in [0.1, 0.15) is 28.8 Å². The van der Waals surface area contributed by atoms with Gasteiger partial charge in [0.1, 0.15) is 17.0 Å². The van der Waals surface area contributed by atoms with Gasteiger partial charge in [-0.05, 0) is 42.9 Å². The molecule has 1 amide bonds. The Bertz CT molecular complexity index is 915. The molecule has 0 saturated heterocycles. The van der Waals surface area contributed by atoms with Crippen LogP contribution in [0.5, 0.6) is 0 Å². The van der Waals surface area contributed by atoms with Crippen molar-refractivity contribution >= 4 is 39.4 Å². The number of aromatic nitrogens is 2. The zero-order valence-electron chi connectivity index (χ0n) is 13.2. The highest BCUT2D eigenvalue weighted by Gasteiger charge is 2.20. The van der Waals surface area contributed by atoms with Gasteiger partial charge in [-0.1, -0.05) is 30.3 Å². The third-order valence-corrected chi connectivity index (χ3v) is 5.42. The van der Waals surface area contributed by atoms with Gasteiger partial charge in [-0.15, -0.1) is 11.3 Å². The third-order valence-electron chi connectivity index (χ3n) is 4.22. The van der Waals surface area contributed by atoms with E-state index in [0.717, 1.165) is 28.6 Å². The van der Waals surface area contributed by atoms with Crippen LogP contribution in [0.3, 0.4) is 0 Å². The lowest BCUT2D eigenvalue weighted by Gasteiger charge is -2.11. The summed E-state index contributed by atoms with van der Waals surface area (Å²) in [6, 6.07) is 9.77. The molecule has 120 valence electrons. The number of fused-ring (bicyclic) bond motifs is 3. The second-order valence-electron chi connectivity index (χ2n) is 5.85. The molecule has 0 unspecified atom stereocenters. The second-order valence-corrected chi connectivity index (χ2v) is 6.93. The first kappa shape index (κ1) is 15.0. The van der Waals surface area contributed by atoms with Crippen LogP contribution in [0, 0.1) is 0 Å². The number of carbonyl (C=O) groups is 1. The van der Waals surface area contributed by atoms with Crippen molar-refractivity contribution in [2.45, 2.75) is 25.7 Å². The molecular formula is C19H17N3OS.